The van der Waals surface area contributed by atoms with Crippen LogP contribution >= 0.6 is 0 Å². The van der Waals surface area contributed by atoms with Gasteiger partial charge in [0.05, 0.1) is 13.7 Å². The van der Waals surface area contributed by atoms with Gasteiger partial charge in [-0.2, -0.15) is 0 Å². The summed E-state index contributed by atoms with van der Waals surface area (Å²) in [6.07, 6.45) is 0.870. The van der Waals surface area contributed by atoms with Crippen molar-refractivity contribution in [1.82, 2.24) is 5.32 Å². The Morgan fingerprint density at radius 2 is 1.61 bits per heavy atom. The lowest BCUT2D eigenvalue weighted by Gasteiger charge is -2.11. The lowest BCUT2D eigenvalue weighted by Crippen LogP contribution is -2.16. The Hall–Kier alpha value is -3.13. The third kappa shape index (κ3) is 8.50. The van der Waals surface area contributed by atoms with Crippen molar-refractivity contribution in [2.24, 2.45) is 0 Å². The van der Waals surface area contributed by atoms with Crippen LogP contribution in [0.25, 0.3) is 0 Å². The molecule has 7 nitrogen and oxygen atoms in total. The molecule has 8 heteroatoms. The molecular formula is C20H24FNO6. The van der Waals surface area contributed by atoms with Crippen molar-refractivity contribution in [3.63, 3.8) is 0 Å². The van der Waals surface area contributed by atoms with E-state index >= 15 is 0 Å². The van der Waals surface area contributed by atoms with Gasteiger partial charge < -0.3 is 25.0 Å². The molecule has 0 aliphatic rings. The van der Waals surface area contributed by atoms with Gasteiger partial charge >= 0.3 is 11.9 Å². The number of benzene rings is 2. The molecule has 0 spiro atoms. The number of carbonyl (C=O) groups is 2. The quantitative estimate of drug-likeness (QED) is 0.468. The number of carboxylic acid groups (broad SMARTS) is 2. The van der Waals surface area contributed by atoms with Gasteiger partial charge in [-0.05, 0) is 55.3 Å². The van der Waals surface area contributed by atoms with Gasteiger partial charge in [0.25, 0.3) is 0 Å². The molecule has 0 saturated heterocycles. The molecule has 2 aromatic rings. The highest BCUT2D eigenvalue weighted by atomic mass is 19.1. The molecule has 3 N–H and O–H groups in total. The SMILES string of the molecule is CCOc1cc(CNCCc2ccc(F)cc2)ccc1OC.O=C(O)C(=O)O. The number of hydrogen-bond donors (Lipinski definition) is 3. The summed E-state index contributed by atoms with van der Waals surface area (Å²) >= 11 is 0. The number of carboxylic acids is 2. The number of nitrogens with one attached hydrogen (secondary N) is 1. The van der Waals surface area contributed by atoms with Crippen molar-refractivity contribution in [1.29, 1.82) is 0 Å². The molecule has 0 atom stereocenters. The minimum Gasteiger partial charge on any atom is -0.493 e. The average Bonchev–Trinajstić information content (AvgIpc) is 2.67. The fourth-order valence-electron chi connectivity index (χ4n) is 2.22. The second-order valence-corrected chi connectivity index (χ2v) is 5.58. The molecule has 0 aliphatic heterocycles. The smallest absolute Gasteiger partial charge is 0.414 e. The van der Waals surface area contributed by atoms with E-state index in [9.17, 15) is 4.39 Å². The van der Waals surface area contributed by atoms with Gasteiger partial charge in [0.1, 0.15) is 5.82 Å². The van der Waals surface area contributed by atoms with Crippen LogP contribution in [0, 0.1) is 5.82 Å². The first-order valence-corrected chi connectivity index (χ1v) is 8.58. The maximum absolute atomic E-state index is 12.8. The molecule has 0 heterocycles. The van der Waals surface area contributed by atoms with E-state index in [1.54, 1.807) is 7.11 Å². The molecular weight excluding hydrogens is 369 g/mol. The van der Waals surface area contributed by atoms with Crippen LogP contribution in [-0.2, 0) is 22.6 Å². The summed E-state index contributed by atoms with van der Waals surface area (Å²) in [4.78, 5) is 18.2. The highest BCUT2D eigenvalue weighted by molar-refractivity contribution is 6.27. The summed E-state index contributed by atoms with van der Waals surface area (Å²) in [5.41, 5.74) is 2.27. The van der Waals surface area contributed by atoms with Crippen LogP contribution in [0.15, 0.2) is 42.5 Å². The van der Waals surface area contributed by atoms with Crippen molar-refractivity contribution in [2.75, 3.05) is 20.3 Å². The van der Waals surface area contributed by atoms with E-state index in [1.165, 1.54) is 12.1 Å². The Kier molecular flexibility index (Phi) is 10.1. The summed E-state index contributed by atoms with van der Waals surface area (Å²) in [5.74, 6) is -2.33. The molecule has 152 valence electrons. The first kappa shape index (κ1) is 22.9. The van der Waals surface area contributed by atoms with Gasteiger partial charge in [0.15, 0.2) is 11.5 Å². The van der Waals surface area contributed by atoms with Gasteiger partial charge in [0, 0.05) is 6.54 Å². The van der Waals surface area contributed by atoms with Crippen LogP contribution in [0.5, 0.6) is 11.5 Å². The molecule has 0 unspecified atom stereocenters. The molecule has 0 fully saturated rings. The minimum atomic E-state index is -1.82. The average molecular weight is 393 g/mol. The normalized spacial score (nSPS) is 9.82. The molecule has 0 aliphatic carbocycles. The van der Waals surface area contributed by atoms with Crippen LogP contribution in [0.4, 0.5) is 4.39 Å². The van der Waals surface area contributed by atoms with Crippen LogP contribution < -0.4 is 14.8 Å². The number of ether oxygens (including phenoxy) is 2. The van der Waals surface area contributed by atoms with Crippen LogP contribution in [0.1, 0.15) is 18.1 Å². The van der Waals surface area contributed by atoms with Gasteiger partial charge in [-0.15, -0.1) is 0 Å². The van der Waals surface area contributed by atoms with E-state index in [1.807, 2.05) is 37.3 Å². The van der Waals surface area contributed by atoms with Gasteiger partial charge in [0.2, 0.25) is 0 Å². The van der Waals surface area contributed by atoms with Crippen molar-refractivity contribution >= 4 is 11.9 Å². The topological polar surface area (TPSA) is 105 Å². The number of halogens is 1. The Morgan fingerprint density at radius 1 is 1.00 bits per heavy atom. The van der Waals surface area contributed by atoms with Gasteiger partial charge in [-0.3, -0.25) is 0 Å². The summed E-state index contributed by atoms with van der Waals surface area (Å²) in [7, 11) is 1.64. The molecule has 0 bridgehead atoms. The largest absolute Gasteiger partial charge is 0.493 e. The molecule has 2 rings (SSSR count). The Labute approximate surface area is 162 Å². The fraction of sp³-hybridized carbons (Fsp3) is 0.300. The highest BCUT2D eigenvalue weighted by Gasteiger charge is 2.05. The second kappa shape index (κ2) is 12.3. The minimum absolute atomic E-state index is 0.196. The standard InChI is InChI=1S/C18H22FNO2.C2H2O4/c1-3-22-18-12-15(6-9-17(18)21-2)13-20-11-10-14-4-7-16(19)8-5-14;3-1(4)2(5)6/h4-9,12,20H,3,10-11,13H2,1-2H3;(H,3,4)(H,5,6). The van der Waals surface area contributed by atoms with Gasteiger partial charge in [-0.1, -0.05) is 18.2 Å². The van der Waals surface area contributed by atoms with Crippen LogP contribution in [0.2, 0.25) is 0 Å². The summed E-state index contributed by atoms with van der Waals surface area (Å²) in [5, 5.41) is 18.2. The maximum atomic E-state index is 12.8. The lowest BCUT2D eigenvalue weighted by molar-refractivity contribution is -0.159. The molecule has 0 aromatic heterocycles. The molecule has 2 aromatic carbocycles. The number of rotatable bonds is 8. The third-order valence-electron chi connectivity index (χ3n) is 3.54. The summed E-state index contributed by atoms with van der Waals surface area (Å²) < 4.78 is 23.7. The predicted octanol–water partition coefficient (Wildman–Crippen LogP) is 2.72. The van der Waals surface area contributed by atoms with E-state index < -0.39 is 11.9 Å². The Morgan fingerprint density at radius 3 is 2.14 bits per heavy atom. The van der Waals surface area contributed by atoms with Crippen molar-refractivity contribution in [2.45, 2.75) is 19.9 Å². The second-order valence-electron chi connectivity index (χ2n) is 5.58. The van der Waals surface area contributed by atoms with Crippen molar-refractivity contribution in [3.05, 3.63) is 59.4 Å². The van der Waals surface area contributed by atoms with Crippen LogP contribution in [0.3, 0.4) is 0 Å². The van der Waals surface area contributed by atoms with Crippen LogP contribution in [-0.4, -0.2) is 42.4 Å². The van der Waals surface area contributed by atoms with E-state index in [0.717, 1.165) is 42.1 Å². The van der Waals surface area contributed by atoms with E-state index in [4.69, 9.17) is 29.3 Å². The molecule has 0 radical (unpaired) electrons. The highest BCUT2D eigenvalue weighted by Crippen LogP contribution is 2.27. The summed E-state index contributed by atoms with van der Waals surface area (Å²) in [6, 6.07) is 12.6. The van der Waals surface area contributed by atoms with Gasteiger partial charge in [-0.25, -0.2) is 14.0 Å². The monoisotopic (exact) mass is 393 g/mol. The first-order valence-electron chi connectivity index (χ1n) is 8.58. The molecule has 0 amide bonds. The Balaban J connectivity index is 0.000000568. The zero-order chi connectivity index (χ0) is 20.9. The van der Waals surface area contributed by atoms with Crippen molar-refractivity contribution < 1.29 is 33.7 Å². The summed E-state index contributed by atoms with van der Waals surface area (Å²) in [6.45, 7) is 4.15. The van der Waals surface area contributed by atoms with E-state index in [2.05, 4.69) is 5.32 Å². The van der Waals surface area contributed by atoms with E-state index in [0.29, 0.717) is 6.61 Å². The lowest BCUT2D eigenvalue weighted by atomic mass is 10.1. The third-order valence-corrected chi connectivity index (χ3v) is 3.54. The predicted molar refractivity (Wildman–Crippen MR) is 101 cm³/mol. The van der Waals surface area contributed by atoms with E-state index in [-0.39, 0.29) is 5.82 Å². The maximum Gasteiger partial charge on any atom is 0.414 e. The number of aliphatic carboxylic acids is 2. The number of hydrogen-bond acceptors (Lipinski definition) is 5. The number of methoxy groups -OCH3 is 1. The zero-order valence-electron chi connectivity index (χ0n) is 15.8. The first-order chi connectivity index (χ1) is 13.4. The molecule has 28 heavy (non-hydrogen) atoms. The molecule has 0 saturated carbocycles. The van der Waals surface area contributed by atoms with Crippen molar-refractivity contribution in [3.8, 4) is 11.5 Å². The Bertz CT molecular complexity index is 752. The zero-order valence-corrected chi connectivity index (χ0v) is 15.8. The fourth-order valence-corrected chi connectivity index (χ4v) is 2.22.